The molecule has 0 bridgehead atoms. The Morgan fingerprint density at radius 3 is 2.62 bits per heavy atom. The smallest absolute Gasteiger partial charge is 0.265 e. The number of nitrogens with two attached hydrogens (primary N) is 1. The third kappa shape index (κ3) is 2.43. The van der Waals surface area contributed by atoms with Crippen molar-refractivity contribution in [2.75, 3.05) is 24.7 Å². The van der Waals surface area contributed by atoms with E-state index in [4.69, 9.17) is 21.9 Å². The summed E-state index contributed by atoms with van der Waals surface area (Å²) in [5, 5.41) is 11.4. The summed E-state index contributed by atoms with van der Waals surface area (Å²) >= 11 is 5.86. The van der Waals surface area contributed by atoms with E-state index >= 15 is 0 Å². The second-order valence-electron chi connectivity index (χ2n) is 4.66. The van der Waals surface area contributed by atoms with Crippen LogP contribution in [-0.4, -0.2) is 34.4 Å². The van der Waals surface area contributed by atoms with Gasteiger partial charge in [-0.25, -0.2) is 0 Å². The van der Waals surface area contributed by atoms with Gasteiger partial charge in [-0.05, 0) is 24.3 Å². The maximum atomic E-state index is 5.89. The van der Waals surface area contributed by atoms with Gasteiger partial charge in [0.05, 0.1) is 0 Å². The molecule has 0 saturated carbocycles. The normalized spacial score (nSPS) is 10.8. The molecule has 1 aromatic carbocycles. The first kappa shape index (κ1) is 13.4. The highest BCUT2D eigenvalue weighted by molar-refractivity contribution is 6.30. The van der Waals surface area contributed by atoms with Gasteiger partial charge < -0.3 is 15.2 Å². The fourth-order valence-corrected chi connectivity index (χ4v) is 2.05. The Hall–Kier alpha value is -2.54. The van der Waals surface area contributed by atoms with E-state index in [9.17, 15) is 0 Å². The van der Waals surface area contributed by atoms with Crippen LogP contribution in [-0.2, 0) is 0 Å². The molecule has 0 spiro atoms. The van der Waals surface area contributed by atoms with E-state index < -0.39 is 0 Å². The second-order valence-corrected chi connectivity index (χ2v) is 5.10. The lowest BCUT2D eigenvalue weighted by Crippen LogP contribution is -2.10. The molecule has 0 aliphatic carbocycles. The lowest BCUT2D eigenvalue weighted by Gasteiger charge is -2.08. The first-order valence-electron chi connectivity index (χ1n) is 6.17. The summed E-state index contributed by atoms with van der Waals surface area (Å²) in [6.07, 6.45) is 0. The lowest BCUT2D eigenvalue weighted by molar-refractivity contribution is 0.432. The Labute approximate surface area is 125 Å². The largest absolute Gasteiger partial charge is 0.383 e. The van der Waals surface area contributed by atoms with Crippen molar-refractivity contribution in [2.24, 2.45) is 0 Å². The number of halogens is 1. The van der Waals surface area contributed by atoms with Crippen LogP contribution in [0.2, 0.25) is 5.02 Å². The van der Waals surface area contributed by atoms with Crippen molar-refractivity contribution in [3.05, 3.63) is 29.3 Å². The van der Waals surface area contributed by atoms with Crippen LogP contribution in [0.5, 0.6) is 0 Å². The maximum Gasteiger partial charge on any atom is 0.265 e. The zero-order chi connectivity index (χ0) is 15.0. The van der Waals surface area contributed by atoms with Gasteiger partial charge in [0, 0.05) is 24.7 Å². The number of H-pyrrole nitrogens is 1. The van der Waals surface area contributed by atoms with E-state index in [0.29, 0.717) is 33.9 Å². The van der Waals surface area contributed by atoms with Crippen molar-refractivity contribution >= 4 is 23.2 Å². The van der Waals surface area contributed by atoms with Crippen molar-refractivity contribution in [3.63, 3.8) is 0 Å². The summed E-state index contributed by atoms with van der Waals surface area (Å²) < 4.78 is 5.30. The highest BCUT2D eigenvalue weighted by Gasteiger charge is 2.21. The van der Waals surface area contributed by atoms with Crippen LogP contribution in [0.3, 0.4) is 0 Å². The number of rotatable bonds is 3. The SMILES string of the molecule is CN(C)c1n[nH]c(N)c1-c1nc(-c2ccc(Cl)cc2)no1. The van der Waals surface area contributed by atoms with Gasteiger partial charge >= 0.3 is 0 Å². The number of benzene rings is 1. The number of hydrogen-bond acceptors (Lipinski definition) is 6. The minimum absolute atomic E-state index is 0.315. The standard InChI is InChI=1S/C13H13ClN6O/c1-20(2)12-9(10(15)17-18-12)13-16-11(19-21-13)7-3-5-8(14)6-4-7/h3-6H,1-2H3,(H3,15,17,18). The molecule has 0 unspecified atom stereocenters. The van der Waals surface area contributed by atoms with Gasteiger partial charge in [0.1, 0.15) is 11.4 Å². The number of hydrogen-bond donors (Lipinski definition) is 2. The molecule has 0 saturated heterocycles. The molecule has 0 amide bonds. The van der Waals surface area contributed by atoms with Gasteiger partial charge in [0.2, 0.25) is 5.82 Å². The fraction of sp³-hybridized carbons (Fsp3) is 0.154. The van der Waals surface area contributed by atoms with Crippen LogP contribution in [0, 0.1) is 0 Å². The van der Waals surface area contributed by atoms with Crippen molar-refractivity contribution in [1.29, 1.82) is 0 Å². The summed E-state index contributed by atoms with van der Waals surface area (Å²) in [4.78, 5) is 6.18. The molecule has 2 aromatic heterocycles. The number of aromatic nitrogens is 4. The topological polar surface area (TPSA) is 96.9 Å². The van der Waals surface area contributed by atoms with Gasteiger partial charge in [-0.1, -0.05) is 16.8 Å². The average Bonchev–Trinajstić information content (AvgIpc) is 3.05. The molecular formula is C13H13ClN6O. The molecule has 0 radical (unpaired) electrons. The monoisotopic (exact) mass is 304 g/mol. The van der Waals surface area contributed by atoms with Crippen LogP contribution in [0.4, 0.5) is 11.6 Å². The quantitative estimate of drug-likeness (QED) is 0.771. The number of anilines is 2. The van der Waals surface area contributed by atoms with Gasteiger partial charge in [-0.3, -0.25) is 5.10 Å². The lowest BCUT2D eigenvalue weighted by atomic mass is 10.2. The third-order valence-electron chi connectivity index (χ3n) is 2.94. The van der Waals surface area contributed by atoms with E-state index in [0.717, 1.165) is 5.56 Å². The Morgan fingerprint density at radius 1 is 1.24 bits per heavy atom. The van der Waals surface area contributed by atoms with Crippen molar-refractivity contribution in [2.45, 2.75) is 0 Å². The van der Waals surface area contributed by atoms with Crippen LogP contribution in [0.15, 0.2) is 28.8 Å². The molecule has 8 heteroatoms. The van der Waals surface area contributed by atoms with Crippen molar-refractivity contribution in [3.8, 4) is 22.8 Å². The number of aromatic amines is 1. The fourth-order valence-electron chi connectivity index (χ4n) is 1.92. The zero-order valence-electron chi connectivity index (χ0n) is 11.5. The molecule has 21 heavy (non-hydrogen) atoms. The number of nitrogens with one attached hydrogen (secondary N) is 1. The van der Waals surface area contributed by atoms with E-state index in [-0.39, 0.29) is 0 Å². The van der Waals surface area contributed by atoms with Gasteiger partial charge in [0.25, 0.3) is 5.89 Å². The van der Waals surface area contributed by atoms with Crippen LogP contribution in [0.1, 0.15) is 0 Å². The minimum Gasteiger partial charge on any atom is -0.383 e. The van der Waals surface area contributed by atoms with Crippen LogP contribution >= 0.6 is 11.6 Å². The molecule has 3 rings (SSSR count). The van der Waals surface area contributed by atoms with E-state index in [1.54, 1.807) is 12.1 Å². The minimum atomic E-state index is 0.315. The molecule has 7 nitrogen and oxygen atoms in total. The van der Waals surface area contributed by atoms with E-state index in [1.165, 1.54) is 0 Å². The first-order valence-corrected chi connectivity index (χ1v) is 6.55. The Bertz CT molecular complexity index is 761. The maximum absolute atomic E-state index is 5.89. The molecule has 3 N–H and O–H groups in total. The molecule has 0 aliphatic rings. The highest BCUT2D eigenvalue weighted by Crippen LogP contribution is 2.32. The van der Waals surface area contributed by atoms with Gasteiger partial charge in [0.15, 0.2) is 5.82 Å². The molecule has 3 aromatic rings. The number of nitrogens with zero attached hydrogens (tertiary/aromatic N) is 4. The predicted octanol–water partition coefficient (Wildman–Crippen LogP) is 2.43. The first-order chi connectivity index (χ1) is 10.1. The van der Waals surface area contributed by atoms with Gasteiger partial charge in [-0.2, -0.15) is 10.1 Å². The Morgan fingerprint density at radius 2 is 1.95 bits per heavy atom. The van der Waals surface area contributed by atoms with E-state index in [2.05, 4.69) is 20.3 Å². The Kier molecular flexibility index (Phi) is 3.26. The summed E-state index contributed by atoms with van der Waals surface area (Å²) in [5.41, 5.74) is 7.29. The van der Waals surface area contributed by atoms with Crippen molar-refractivity contribution in [1.82, 2.24) is 20.3 Å². The predicted molar refractivity (Wildman–Crippen MR) is 81.1 cm³/mol. The van der Waals surface area contributed by atoms with E-state index in [1.807, 2.05) is 31.1 Å². The van der Waals surface area contributed by atoms with Crippen LogP contribution in [0.25, 0.3) is 22.8 Å². The summed E-state index contributed by atoms with van der Waals surface area (Å²) in [6, 6.07) is 7.18. The molecule has 2 heterocycles. The molecule has 0 aliphatic heterocycles. The van der Waals surface area contributed by atoms with Crippen LogP contribution < -0.4 is 10.6 Å². The highest BCUT2D eigenvalue weighted by atomic mass is 35.5. The summed E-state index contributed by atoms with van der Waals surface area (Å²) in [6.45, 7) is 0. The third-order valence-corrected chi connectivity index (χ3v) is 3.19. The average molecular weight is 305 g/mol. The summed E-state index contributed by atoms with van der Waals surface area (Å²) in [5.74, 6) is 1.80. The number of nitrogen functional groups attached to an aromatic ring is 1. The Balaban J connectivity index is 2.03. The van der Waals surface area contributed by atoms with Crippen molar-refractivity contribution < 1.29 is 4.52 Å². The molecule has 0 fully saturated rings. The molecule has 0 atom stereocenters. The second kappa shape index (κ2) is 5.10. The van der Waals surface area contributed by atoms with Gasteiger partial charge in [-0.15, -0.1) is 0 Å². The molecule has 108 valence electrons. The summed E-state index contributed by atoms with van der Waals surface area (Å²) in [7, 11) is 3.71. The molecular weight excluding hydrogens is 292 g/mol. The zero-order valence-corrected chi connectivity index (χ0v) is 12.2.